The molecule has 0 fully saturated rings. The first kappa shape index (κ1) is 15.1. The minimum atomic E-state index is -0.305. The van der Waals surface area contributed by atoms with Crippen molar-refractivity contribution in [2.45, 2.75) is 26.8 Å². The van der Waals surface area contributed by atoms with Crippen molar-refractivity contribution in [3.05, 3.63) is 64.7 Å². The molecular formula is C18H21NO2. The Morgan fingerprint density at radius 2 is 1.86 bits per heavy atom. The van der Waals surface area contributed by atoms with E-state index in [-0.39, 0.29) is 5.97 Å². The lowest BCUT2D eigenvalue weighted by molar-refractivity contribution is 0.0600. The number of nitrogens with one attached hydrogen (secondary N) is 1. The molecule has 2 aromatic rings. The van der Waals surface area contributed by atoms with Gasteiger partial charge >= 0.3 is 5.97 Å². The summed E-state index contributed by atoms with van der Waals surface area (Å²) in [7, 11) is 1.39. The number of esters is 1. The van der Waals surface area contributed by atoms with Crippen LogP contribution in [0.25, 0.3) is 0 Å². The number of ether oxygens (including phenoxy) is 1. The summed E-state index contributed by atoms with van der Waals surface area (Å²) in [6.45, 7) is 4.93. The summed E-state index contributed by atoms with van der Waals surface area (Å²) in [5.41, 5.74) is 5.31. The smallest absolute Gasteiger partial charge is 0.337 e. The van der Waals surface area contributed by atoms with Crippen LogP contribution in [0.1, 0.15) is 34.0 Å². The van der Waals surface area contributed by atoms with E-state index >= 15 is 0 Å². The lowest BCUT2D eigenvalue weighted by atomic mass is 10.0. The Morgan fingerprint density at radius 1 is 1.14 bits per heavy atom. The molecule has 0 amide bonds. The molecule has 0 spiro atoms. The summed E-state index contributed by atoms with van der Waals surface area (Å²) < 4.78 is 4.73. The van der Waals surface area contributed by atoms with Crippen LogP contribution in [-0.4, -0.2) is 13.1 Å². The number of hydrogen-bond acceptors (Lipinski definition) is 3. The van der Waals surface area contributed by atoms with Crippen molar-refractivity contribution in [3.8, 4) is 0 Å². The fourth-order valence-corrected chi connectivity index (χ4v) is 2.37. The van der Waals surface area contributed by atoms with Crippen LogP contribution in [0, 0.1) is 6.92 Å². The molecule has 0 saturated carbocycles. The standard InChI is InChI=1S/C18H21NO2/c1-4-14-7-5-6-8-16(14)12-19-17-10-9-15(11-13(17)2)18(20)21-3/h5-11,19H,4,12H2,1-3H3. The van der Waals surface area contributed by atoms with E-state index in [0.717, 1.165) is 24.2 Å². The van der Waals surface area contributed by atoms with Crippen molar-refractivity contribution in [3.63, 3.8) is 0 Å². The molecule has 0 heterocycles. The Labute approximate surface area is 126 Å². The van der Waals surface area contributed by atoms with Gasteiger partial charge in [-0.3, -0.25) is 0 Å². The monoisotopic (exact) mass is 283 g/mol. The number of rotatable bonds is 5. The fraction of sp³-hybridized carbons (Fsp3) is 0.278. The van der Waals surface area contributed by atoms with Crippen LogP contribution >= 0.6 is 0 Å². The summed E-state index contributed by atoms with van der Waals surface area (Å²) in [5, 5.41) is 3.44. The number of anilines is 1. The van der Waals surface area contributed by atoms with Crippen molar-refractivity contribution in [1.29, 1.82) is 0 Å². The van der Waals surface area contributed by atoms with Crippen LogP contribution in [0.15, 0.2) is 42.5 Å². The molecule has 0 saturated heterocycles. The minimum Gasteiger partial charge on any atom is -0.465 e. The molecule has 2 aromatic carbocycles. The summed E-state index contributed by atoms with van der Waals surface area (Å²) in [6.07, 6.45) is 1.03. The molecule has 0 aliphatic carbocycles. The van der Waals surface area contributed by atoms with Crippen molar-refractivity contribution in [2.24, 2.45) is 0 Å². The molecule has 2 rings (SSSR count). The maximum atomic E-state index is 11.5. The highest BCUT2D eigenvalue weighted by Gasteiger charge is 2.07. The number of carbonyl (C=O) groups excluding carboxylic acids is 1. The van der Waals surface area contributed by atoms with E-state index in [1.807, 2.05) is 19.1 Å². The SMILES string of the molecule is CCc1ccccc1CNc1ccc(C(=O)OC)cc1C. The molecule has 1 N–H and O–H groups in total. The molecule has 0 aromatic heterocycles. The molecule has 0 aliphatic heterocycles. The highest BCUT2D eigenvalue weighted by atomic mass is 16.5. The lowest BCUT2D eigenvalue weighted by Gasteiger charge is -2.13. The number of benzene rings is 2. The van der Waals surface area contributed by atoms with Gasteiger partial charge in [0.25, 0.3) is 0 Å². The van der Waals surface area contributed by atoms with Crippen molar-refractivity contribution < 1.29 is 9.53 Å². The van der Waals surface area contributed by atoms with Gasteiger partial charge in [0.2, 0.25) is 0 Å². The second-order valence-corrected chi connectivity index (χ2v) is 5.00. The van der Waals surface area contributed by atoms with Gasteiger partial charge in [-0.15, -0.1) is 0 Å². The van der Waals surface area contributed by atoms with Crippen molar-refractivity contribution >= 4 is 11.7 Å². The van der Waals surface area contributed by atoms with Gasteiger partial charge in [-0.1, -0.05) is 31.2 Å². The van der Waals surface area contributed by atoms with Gasteiger partial charge in [-0.2, -0.15) is 0 Å². The second kappa shape index (κ2) is 6.93. The molecule has 0 atom stereocenters. The Morgan fingerprint density at radius 3 is 2.48 bits per heavy atom. The third-order valence-corrected chi connectivity index (χ3v) is 3.62. The van der Waals surface area contributed by atoms with Gasteiger partial charge in [0, 0.05) is 12.2 Å². The maximum absolute atomic E-state index is 11.5. The van der Waals surface area contributed by atoms with Crippen LogP contribution < -0.4 is 5.32 Å². The lowest BCUT2D eigenvalue weighted by Crippen LogP contribution is -2.06. The van der Waals surface area contributed by atoms with Gasteiger partial charge < -0.3 is 10.1 Å². The summed E-state index contributed by atoms with van der Waals surface area (Å²) in [6, 6.07) is 14.0. The highest BCUT2D eigenvalue weighted by Crippen LogP contribution is 2.19. The van der Waals surface area contributed by atoms with Gasteiger partial charge in [0.15, 0.2) is 0 Å². The third kappa shape index (κ3) is 3.63. The highest BCUT2D eigenvalue weighted by molar-refractivity contribution is 5.90. The molecular weight excluding hydrogens is 262 g/mol. The van der Waals surface area contributed by atoms with E-state index in [4.69, 9.17) is 4.74 Å². The first-order valence-corrected chi connectivity index (χ1v) is 7.15. The fourth-order valence-electron chi connectivity index (χ4n) is 2.37. The van der Waals surface area contributed by atoms with E-state index in [1.165, 1.54) is 18.2 Å². The van der Waals surface area contributed by atoms with Crippen molar-refractivity contribution in [2.75, 3.05) is 12.4 Å². The number of hydrogen-bond donors (Lipinski definition) is 1. The van der Waals surface area contributed by atoms with Gasteiger partial charge in [-0.25, -0.2) is 4.79 Å². The van der Waals surface area contributed by atoms with E-state index in [0.29, 0.717) is 5.56 Å². The summed E-state index contributed by atoms with van der Waals surface area (Å²) >= 11 is 0. The Hall–Kier alpha value is -2.29. The minimum absolute atomic E-state index is 0.305. The Bertz CT molecular complexity index is 635. The van der Waals surface area contributed by atoms with Crippen molar-refractivity contribution in [1.82, 2.24) is 0 Å². The predicted molar refractivity (Wildman–Crippen MR) is 85.7 cm³/mol. The molecule has 0 unspecified atom stereocenters. The van der Waals surface area contributed by atoms with Crippen LogP contribution in [-0.2, 0) is 17.7 Å². The first-order chi connectivity index (χ1) is 10.2. The average Bonchev–Trinajstić information content (AvgIpc) is 2.53. The number of aryl methyl sites for hydroxylation is 2. The van der Waals surface area contributed by atoms with E-state index in [1.54, 1.807) is 6.07 Å². The number of methoxy groups -OCH3 is 1. The molecule has 3 heteroatoms. The van der Waals surface area contributed by atoms with Crippen LogP contribution in [0.2, 0.25) is 0 Å². The summed E-state index contributed by atoms with van der Waals surface area (Å²) in [5.74, 6) is -0.305. The quantitative estimate of drug-likeness (QED) is 0.844. The van der Waals surface area contributed by atoms with Crippen LogP contribution in [0.3, 0.4) is 0 Å². The van der Waals surface area contributed by atoms with E-state index in [9.17, 15) is 4.79 Å². The van der Waals surface area contributed by atoms with Crippen LogP contribution in [0.5, 0.6) is 0 Å². The summed E-state index contributed by atoms with van der Waals surface area (Å²) in [4.78, 5) is 11.5. The topological polar surface area (TPSA) is 38.3 Å². The normalized spacial score (nSPS) is 10.2. The third-order valence-electron chi connectivity index (χ3n) is 3.62. The largest absolute Gasteiger partial charge is 0.465 e. The first-order valence-electron chi connectivity index (χ1n) is 7.15. The van der Waals surface area contributed by atoms with E-state index in [2.05, 4.69) is 36.5 Å². The Balaban J connectivity index is 2.12. The van der Waals surface area contributed by atoms with Crippen LogP contribution in [0.4, 0.5) is 5.69 Å². The maximum Gasteiger partial charge on any atom is 0.337 e. The number of carbonyl (C=O) groups is 1. The molecule has 0 radical (unpaired) electrons. The van der Waals surface area contributed by atoms with Gasteiger partial charge in [0.05, 0.1) is 12.7 Å². The molecule has 110 valence electrons. The van der Waals surface area contributed by atoms with E-state index < -0.39 is 0 Å². The molecule has 0 bridgehead atoms. The zero-order valence-corrected chi connectivity index (χ0v) is 12.8. The Kier molecular flexibility index (Phi) is 4.99. The zero-order valence-electron chi connectivity index (χ0n) is 12.8. The predicted octanol–water partition coefficient (Wildman–Crippen LogP) is 3.96. The molecule has 21 heavy (non-hydrogen) atoms. The van der Waals surface area contributed by atoms with Gasteiger partial charge in [0.1, 0.15) is 0 Å². The molecule has 3 nitrogen and oxygen atoms in total. The average molecular weight is 283 g/mol. The second-order valence-electron chi connectivity index (χ2n) is 5.00. The zero-order chi connectivity index (χ0) is 15.2. The van der Waals surface area contributed by atoms with Gasteiger partial charge in [-0.05, 0) is 48.2 Å². The molecule has 0 aliphatic rings.